The summed E-state index contributed by atoms with van der Waals surface area (Å²) in [6, 6.07) is 17.4. The molecule has 2 aromatic carbocycles. The molecule has 31 heavy (non-hydrogen) atoms. The summed E-state index contributed by atoms with van der Waals surface area (Å²) in [4.78, 5) is 15.0. The van der Waals surface area contributed by atoms with Crippen molar-refractivity contribution in [1.29, 1.82) is 0 Å². The van der Waals surface area contributed by atoms with E-state index in [1.807, 2.05) is 60.2 Å². The van der Waals surface area contributed by atoms with Gasteiger partial charge in [0.25, 0.3) is 0 Å². The highest BCUT2D eigenvalue weighted by atomic mass is 32.2. The van der Waals surface area contributed by atoms with Crippen molar-refractivity contribution in [2.45, 2.75) is 17.8 Å². The lowest BCUT2D eigenvalue weighted by Gasteiger charge is -2.12. The van der Waals surface area contributed by atoms with E-state index in [0.717, 1.165) is 39.8 Å². The number of para-hydroxylation sites is 2. The van der Waals surface area contributed by atoms with Crippen LogP contribution in [-0.2, 0) is 5.75 Å². The summed E-state index contributed by atoms with van der Waals surface area (Å²) in [5.41, 5.74) is 3.57. The van der Waals surface area contributed by atoms with Crippen molar-refractivity contribution in [2.24, 2.45) is 0 Å². The molecule has 0 aliphatic rings. The predicted octanol–water partition coefficient (Wildman–Crippen LogP) is 4.68. The van der Waals surface area contributed by atoms with Gasteiger partial charge in [-0.25, -0.2) is 0 Å². The minimum absolute atomic E-state index is 0.368. The minimum atomic E-state index is -0.471. The Balaban J connectivity index is 1.61. The van der Waals surface area contributed by atoms with E-state index in [1.165, 1.54) is 17.8 Å². The Morgan fingerprint density at radius 2 is 1.94 bits per heavy atom. The van der Waals surface area contributed by atoms with Crippen LogP contribution < -0.4 is 5.43 Å². The van der Waals surface area contributed by atoms with E-state index < -0.39 is 11.2 Å². The fourth-order valence-corrected chi connectivity index (χ4v) is 4.32. The van der Waals surface area contributed by atoms with Gasteiger partial charge in [-0.1, -0.05) is 48.2 Å². The normalized spacial score (nSPS) is 11.3. The Kier molecular flexibility index (Phi) is 4.83. The molecule has 8 heteroatoms. The van der Waals surface area contributed by atoms with Gasteiger partial charge in [-0.2, -0.15) is 0 Å². The molecule has 0 spiro atoms. The number of nitrogens with one attached hydrogen (secondary N) is 1. The molecule has 3 heterocycles. The van der Waals surface area contributed by atoms with Crippen molar-refractivity contribution in [3.05, 3.63) is 88.6 Å². The second-order valence-electron chi connectivity index (χ2n) is 7.06. The number of thioether (sulfide) groups is 1. The fraction of sp³-hybridized carbons (Fsp3) is 0.0870. The van der Waals surface area contributed by atoms with Crippen LogP contribution in [0.4, 0.5) is 0 Å². The first-order chi connectivity index (χ1) is 15.1. The van der Waals surface area contributed by atoms with Crippen molar-refractivity contribution in [2.75, 3.05) is 0 Å². The molecular weight excluding hydrogens is 412 g/mol. The minimum Gasteiger partial charge on any atom is -0.502 e. The van der Waals surface area contributed by atoms with Gasteiger partial charge < -0.3 is 14.5 Å². The number of H-pyrrole nitrogens is 1. The van der Waals surface area contributed by atoms with Crippen molar-refractivity contribution in [1.82, 2.24) is 19.7 Å². The third kappa shape index (κ3) is 3.51. The number of aryl methyl sites for hydroxylation is 1. The zero-order chi connectivity index (χ0) is 21.4. The molecule has 0 saturated heterocycles. The van der Waals surface area contributed by atoms with Gasteiger partial charge in [0.15, 0.2) is 16.7 Å². The molecular formula is C23H18N4O3S. The molecule has 0 aliphatic carbocycles. The lowest BCUT2D eigenvalue weighted by Crippen LogP contribution is -2.02. The van der Waals surface area contributed by atoms with Crippen molar-refractivity contribution in [3.63, 3.8) is 0 Å². The van der Waals surface area contributed by atoms with E-state index in [9.17, 15) is 9.90 Å². The van der Waals surface area contributed by atoms with Crippen LogP contribution in [0.5, 0.6) is 5.75 Å². The maximum Gasteiger partial charge on any atom is 0.226 e. The van der Waals surface area contributed by atoms with Gasteiger partial charge in [0.1, 0.15) is 12.0 Å². The first-order valence-electron chi connectivity index (χ1n) is 9.63. The molecule has 7 nitrogen and oxygen atoms in total. The largest absolute Gasteiger partial charge is 0.502 e. The van der Waals surface area contributed by atoms with Crippen molar-refractivity contribution in [3.8, 4) is 22.8 Å². The molecule has 5 aromatic rings. The third-order valence-corrected chi connectivity index (χ3v) is 5.98. The van der Waals surface area contributed by atoms with Crippen LogP contribution in [0, 0.1) is 6.92 Å². The highest BCUT2D eigenvalue weighted by Gasteiger charge is 2.20. The van der Waals surface area contributed by atoms with E-state index in [2.05, 4.69) is 21.2 Å². The summed E-state index contributed by atoms with van der Waals surface area (Å²) in [5, 5.41) is 20.1. The van der Waals surface area contributed by atoms with Gasteiger partial charge in [0.2, 0.25) is 5.43 Å². The number of aromatic amines is 1. The molecule has 0 saturated carbocycles. The zero-order valence-corrected chi connectivity index (χ0v) is 17.4. The lowest BCUT2D eigenvalue weighted by atomic mass is 10.1. The molecule has 0 aliphatic heterocycles. The zero-order valence-electron chi connectivity index (χ0n) is 16.6. The van der Waals surface area contributed by atoms with Crippen LogP contribution in [-0.4, -0.2) is 24.9 Å². The summed E-state index contributed by atoms with van der Waals surface area (Å²) in [6.45, 7) is 2.04. The Hall–Kier alpha value is -3.78. The lowest BCUT2D eigenvalue weighted by molar-refractivity contribution is 0.419. The molecule has 0 atom stereocenters. The number of hydrogen-bond donors (Lipinski definition) is 2. The number of hydrogen-bond acceptors (Lipinski definition) is 6. The molecule has 0 bridgehead atoms. The Bertz CT molecular complexity index is 1450. The van der Waals surface area contributed by atoms with Crippen LogP contribution in [0.1, 0.15) is 11.3 Å². The van der Waals surface area contributed by atoms with Gasteiger partial charge in [0.05, 0.1) is 11.4 Å². The van der Waals surface area contributed by atoms with Crippen LogP contribution in [0.2, 0.25) is 0 Å². The molecule has 154 valence electrons. The number of aromatic nitrogens is 4. The predicted molar refractivity (Wildman–Crippen MR) is 120 cm³/mol. The van der Waals surface area contributed by atoms with Crippen LogP contribution in [0.15, 0.2) is 81.4 Å². The van der Waals surface area contributed by atoms with Gasteiger partial charge in [-0.15, -0.1) is 10.2 Å². The Morgan fingerprint density at radius 3 is 2.77 bits per heavy atom. The molecule has 0 amide bonds. The summed E-state index contributed by atoms with van der Waals surface area (Å²) < 4.78 is 7.36. The van der Waals surface area contributed by atoms with E-state index in [4.69, 9.17) is 4.42 Å². The monoisotopic (exact) mass is 430 g/mol. The van der Waals surface area contributed by atoms with E-state index in [-0.39, 0.29) is 0 Å². The first-order valence-corrected chi connectivity index (χ1v) is 10.6. The maximum atomic E-state index is 11.7. The van der Waals surface area contributed by atoms with Crippen molar-refractivity contribution < 1.29 is 9.52 Å². The van der Waals surface area contributed by atoms with E-state index in [0.29, 0.717) is 16.7 Å². The summed E-state index contributed by atoms with van der Waals surface area (Å²) in [5.74, 6) is 1.13. The van der Waals surface area contributed by atoms with E-state index in [1.54, 1.807) is 0 Å². The van der Waals surface area contributed by atoms with Gasteiger partial charge >= 0.3 is 0 Å². The Morgan fingerprint density at radius 1 is 1.13 bits per heavy atom. The average molecular weight is 430 g/mol. The van der Waals surface area contributed by atoms with E-state index >= 15 is 0 Å². The van der Waals surface area contributed by atoms with Gasteiger partial charge in [-0.3, -0.25) is 9.36 Å². The standard InChI is InChI=1S/C23H18N4O3S/c1-14-6-2-5-9-19(14)27-22(17-11-24-18-8-4-3-7-16(17)18)25-26-23(27)31-13-15-10-20(28)21(29)12-30-15/h2-12,24,29H,13H2,1H3. The SMILES string of the molecule is Cc1ccccc1-n1c(SCc2cc(=O)c(O)co2)nnc1-c1c[nH]c2ccccc12. The topological polar surface area (TPSA) is 96.9 Å². The van der Waals surface area contributed by atoms with Crippen molar-refractivity contribution >= 4 is 22.7 Å². The Labute approximate surface area is 181 Å². The number of nitrogens with zero attached hydrogens (tertiary/aromatic N) is 3. The maximum absolute atomic E-state index is 11.7. The molecule has 5 rings (SSSR count). The molecule has 0 fully saturated rings. The molecule has 0 unspecified atom stereocenters. The summed E-state index contributed by atoms with van der Waals surface area (Å²) in [7, 11) is 0. The highest BCUT2D eigenvalue weighted by molar-refractivity contribution is 7.98. The highest BCUT2D eigenvalue weighted by Crippen LogP contribution is 2.34. The second-order valence-corrected chi connectivity index (χ2v) is 8.00. The van der Waals surface area contributed by atoms with Gasteiger partial charge in [0, 0.05) is 28.7 Å². The summed E-state index contributed by atoms with van der Waals surface area (Å²) in [6.07, 6.45) is 3.00. The molecule has 0 radical (unpaired) electrons. The number of aromatic hydroxyl groups is 1. The van der Waals surface area contributed by atoms with Crippen LogP contribution in [0.3, 0.4) is 0 Å². The molecule has 3 aromatic heterocycles. The first kappa shape index (κ1) is 19.2. The molecule has 2 N–H and O–H groups in total. The quantitative estimate of drug-likeness (QED) is 0.393. The number of rotatable bonds is 5. The smallest absolute Gasteiger partial charge is 0.226 e. The van der Waals surface area contributed by atoms with Gasteiger partial charge in [-0.05, 0) is 24.6 Å². The van der Waals surface area contributed by atoms with Crippen LogP contribution >= 0.6 is 11.8 Å². The number of benzene rings is 2. The average Bonchev–Trinajstić information content (AvgIpc) is 3.39. The third-order valence-electron chi connectivity index (χ3n) is 5.03. The van der Waals surface area contributed by atoms with Crippen LogP contribution in [0.25, 0.3) is 28.0 Å². The fourth-order valence-electron chi connectivity index (χ4n) is 3.48. The second kappa shape index (κ2) is 7.81. The number of fused-ring (bicyclic) bond motifs is 1. The summed E-state index contributed by atoms with van der Waals surface area (Å²) >= 11 is 1.41.